The number of aromatic nitrogens is 2. The highest BCUT2D eigenvalue weighted by Crippen LogP contribution is 2.23. The van der Waals surface area contributed by atoms with Gasteiger partial charge in [-0.3, -0.25) is 0 Å². The van der Waals surface area contributed by atoms with Crippen molar-refractivity contribution < 1.29 is 9.50 Å². The van der Waals surface area contributed by atoms with Crippen LogP contribution in [0.4, 0.5) is 4.39 Å². The molecule has 94 valence electrons. The first-order chi connectivity index (χ1) is 8.56. The van der Waals surface area contributed by atoms with Crippen LogP contribution in [0.15, 0.2) is 34.9 Å². The molecule has 1 N–H and O–H groups in total. The number of hydrogen-bond acceptors (Lipinski definition) is 3. The minimum Gasteiger partial charge on any atom is -0.386 e. The third kappa shape index (κ3) is 3.11. The molecule has 0 aliphatic carbocycles. The summed E-state index contributed by atoms with van der Waals surface area (Å²) in [5, 5.41) is 10.1. The first-order valence-electron chi connectivity index (χ1n) is 5.48. The Balaban J connectivity index is 2.21. The average molecular weight is 311 g/mol. The number of nitrogens with zero attached hydrogens (tertiary/aromatic N) is 2. The molecule has 1 atom stereocenters. The van der Waals surface area contributed by atoms with E-state index in [0.29, 0.717) is 23.5 Å². The zero-order chi connectivity index (χ0) is 13.1. The van der Waals surface area contributed by atoms with Crippen LogP contribution in [0.5, 0.6) is 0 Å². The minimum absolute atomic E-state index is 0.300. The highest BCUT2D eigenvalue weighted by atomic mass is 79.9. The molecule has 2 rings (SSSR count). The Labute approximate surface area is 113 Å². The molecule has 18 heavy (non-hydrogen) atoms. The predicted molar refractivity (Wildman–Crippen MR) is 69.5 cm³/mol. The Morgan fingerprint density at radius 3 is 2.89 bits per heavy atom. The van der Waals surface area contributed by atoms with Crippen molar-refractivity contribution in [2.24, 2.45) is 0 Å². The topological polar surface area (TPSA) is 46.0 Å². The van der Waals surface area contributed by atoms with E-state index in [2.05, 4.69) is 25.9 Å². The Morgan fingerprint density at radius 2 is 2.17 bits per heavy atom. The molecule has 0 aliphatic rings. The molecule has 1 unspecified atom stereocenters. The summed E-state index contributed by atoms with van der Waals surface area (Å²) in [5.74, 6) is 0.282. The molecule has 5 heteroatoms. The van der Waals surface area contributed by atoms with Gasteiger partial charge in [0.1, 0.15) is 17.7 Å². The lowest BCUT2D eigenvalue weighted by atomic mass is 10.1. The van der Waals surface area contributed by atoms with Gasteiger partial charge in [0.05, 0.1) is 5.69 Å². The number of rotatable bonds is 3. The zero-order valence-corrected chi connectivity index (χ0v) is 11.4. The summed E-state index contributed by atoms with van der Waals surface area (Å²) in [6, 6.07) is 6.06. The standard InChI is InChI=1S/C13H12BrFN2O/c1-8-16-5-4-12(17-8)13(18)7-9-6-10(15)2-3-11(9)14/h2-6,13,18H,7H2,1H3. The van der Waals surface area contributed by atoms with Crippen LogP contribution in [0.1, 0.15) is 23.2 Å². The van der Waals surface area contributed by atoms with E-state index >= 15 is 0 Å². The molecule has 1 heterocycles. The summed E-state index contributed by atoms with van der Waals surface area (Å²) in [6.45, 7) is 1.76. The number of aryl methyl sites for hydroxylation is 1. The van der Waals surface area contributed by atoms with Crippen LogP contribution in [0.2, 0.25) is 0 Å². The van der Waals surface area contributed by atoms with Crippen molar-refractivity contribution in [1.82, 2.24) is 9.97 Å². The van der Waals surface area contributed by atoms with Crippen molar-refractivity contribution >= 4 is 15.9 Å². The van der Waals surface area contributed by atoms with E-state index in [9.17, 15) is 9.50 Å². The molecule has 0 aliphatic heterocycles. The molecule has 0 saturated heterocycles. The normalized spacial score (nSPS) is 12.4. The van der Waals surface area contributed by atoms with Gasteiger partial charge in [0.2, 0.25) is 0 Å². The maximum absolute atomic E-state index is 13.1. The smallest absolute Gasteiger partial charge is 0.125 e. The SMILES string of the molecule is Cc1nccc(C(O)Cc2cc(F)ccc2Br)n1. The first-order valence-corrected chi connectivity index (χ1v) is 6.27. The number of aliphatic hydroxyl groups excluding tert-OH is 1. The maximum Gasteiger partial charge on any atom is 0.125 e. The molecular formula is C13H12BrFN2O. The second kappa shape index (κ2) is 5.54. The first kappa shape index (κ1) is 13.1. The Bertz CT molecular complexity index is 562. The number of aliphatic hydroxyl groups is 1. The van der Waals surface area contributed by atoms with Crippen molar-refractivity contribution in [2.45, 2.75) is 19.4 Å². The fourth-order valence-corrected chi connectivity index (χ4v) is 2.08. The highest BCUT2D eigenvalue weighted by Gasteiger charge is 2.13. The van der Waals surface area contributed by atoms with Crippen molar-refractivity contribution in [2.75, 3.05) is 0 Å². The maximum atomic E-state index is 13.1. The highest BCUT2D eigenvalue weighted by molar-refractivity contribution is 9.10. The quantitative estimate of drug-likeness (QED) is 0.948. The lowest BCUT2D eigenvalue weighted by Gasteiger charge is -2.11. The molecule has 1 aromatic carbocycles. The van der Waals surface area contributed by atoms with Gasteiger partial charge in [-0.15, -0.1) is 0 Å². The zero-order valence-electron chi connectivity index (χ0n) is 9.77. The molecule has 0 bridgehead atoms. The third-order valence-electron chi connectivity index (χ3n) is 2.56. The van der Waals surface area contributed by atoms with Gasteiger partial charge in [0.25, 0.3) is 0 Å². The van der Waals surface area contributed by atoms with E-state index in [1.54, 1.807) is 25.3 Å². The van der Waals surface area contributed by atoms with Crippen LogP contribution < -0.4 is 0 Å². The summed E-state index contributed by atoms with van der Waals surface area (Å²) < 4.78 is 13.9. The summed E-state index contributed by atoms with van der Waals surface area (Å²) in [5.41, 5.74) is 1.25. The van der Waals surface area contributed by atoms with Crippen molar-refractivity contribution in [1.29, 1.82) is 0 Å². The number of benzene rings is 1. The Hall–Kier alpha value is -1.33. The lowest BCUT2D eigenvalue weighted by molar-refractivity contribution is 0.173. The predicted octanol–water partition coefficient (Wildman–Crippen LogP) is 2.96. The third-order valence-corrected chi connectivity index (χ3v) is 3.33. The van der Waals surface area contributed by atoms with Gasteiger partial charge in [-0.25, -0.2) is 14.4 Å². The van der Waals surface area contributed by atoms with Crippen LogP contribution in [-0.2, 0) is 6.42 Å². The molecule has 0 saturated carbocycles. The van der Waals surface area contributed by atoms with Crippen LogP contribution >= 0.6 is 15.9 Å². The molecule has 0 spiro atoms. The van der Waals surface area contributed by atoms with E-state index in [-0.39, 0.29) is 5.82 Å². The van der Waals surface area contributed by atoms with Gasteiger partial charge >= 0.3 is 0 Å². The van der Waals surface area contributed by atoms with Gasteiger partial charge in [-0.2, -0.15) is 0 Å². The monoisotopic (exact) mass is 310 g/mol. The fourth-order valence-electron chi connectivity index (χ4n) is 1.67. The summed E-state index contributed by atoms with van der Waals surface area (Å²) in [6.07, 6.45) is 1.13. The fraction of sp³-hybridized carbons (Fsp3) is 0.231. The molecule has 0 radical (unpaired) electrons. The van der Waals surface area contributed by atoms with E-state index in [4.69, 9.17) is 0 Å². The Morgan fingerprint density at radius 1 is 1.39 bits per heavy atom. The van der Waals surface area contributed by atoms with Crippen LogP contribution in [0.25, 0.3) is 0 Å². The van der Waals surface area contributed by atoms with Crippen LogP contribution in [0, 0.1) is 12.7 Å². The van der Waals surface area contributed by atoms with Crippen molar-refractivity contribution in [3.05, 3.63) is 57.8 Å². The second-order valence-corrected chi connectivity index (χ2v) is 4.84. The van der Waals surface area contributed by atoms with E-state index in [1.165, 1.54) is 12.1 Å². The van der Waals surface area contributed by atoms with Crippen LogP contribution in [-0.4, -0.2) is 15.1 Å². The Kier molecular flexibility index (Phi) is 4.04. The van der Waals surface area contributed by atoms with E-state index < -0.39 is 6.10 Å². The largest absolute Gasteiger partial charge is 0.386 e. The number of hydrogen-bond donors (Lipinski definition) is 1. The summed E-state index contributed by atoms with van der Waals surface area (Å²) in [4.78, 5) is 8.12. The van der Waals surface area contributed by atoms with Crippen molar-refractivity contribution in [3.63, 3.8) is 0 Å². The molecule has 1 aromatic heterocycles. The van der Waals surface area contributed by atoms with Gasteiger partial charge in [0, 0.05) is 17.1 Å². The van der Waals surface area contributed by atoms with E-state index in [1.807, 2.05) is 0 Å². The number of halogens is 2. The summed E-state index contributed by atoms with van der Waals surface area (Å²) in [7, 11) is 0. The van der Waals surface area contributed by atoms with Gasteiger partial charge < -0.3 is 5.11 Å². The van der Waals surface area contributed by atoms with E-state index in [0.717, 1.165) is 4.47 Å². The lowest BCUT2D eigenvalue weighted by Crippen LogP contribution is -2.06. The van der Waals surface area contributed by atoms with Crippen LogP contribution in [0.3, 0.4) is 0 Å². The van der Waals surface area contributed by atoms with Gasteiger partial charge in [-0.1, -0.05) is 15.9 Å². The molecule has 3 nitrogen and oxygen atoms in total. The second-order valence-electron chi connectivity index (χ2n) is 3.98. The molecule has 0 amide bonds. The van der Waals surface area contributed by atoms with Gasteiger partial charge in [0.15, 0.2) is 0 Å². The van der Waals surface area contributed by atoms with Gasteiger partial charge in [-0.05, 0) is 36.8 Å². The molecule has 2 aromatic rings. The summed E-state index contributed by atoms with van der Waals surface area (Å²) >= 11 is 3.34. The van der Waals surface area contributed by atoms with Crippen molar-refractivity contribution in [3.8, 4) is 0 Å². The minimum atomic E-state index is -0.773. The average Bonchev–Trinajstić information content (AvgIpc) is 2.34. The molecular weight excluding hydrogens is 299 g/mol. The molecule has 0 fully saturated rings.